The molecule has 0 aliphatic heterocycles. The van der Waals surface area contributed by atoms with E-state index >= 15 is 0 Å². The minimum atomic E-state index is -0.248. The predicted octanol–water partition coefficient (Wildman–Crippen LogP) is 4.91. The maximum absolute atomic E-state index is 6.61. The molecule has 4 N–H and O–H groups in total. The van der Waals surface area contributed by atoms with E-state index in [4.69, 9.17) is 37.8 Å². The van der Waals surface area contributed by atoms with Crippen LogP contribution in [-0.4, -0.2) is 28.7 Å². The molecule has 1 fully saturated rings. The van der Waals surface area contributed by atoms with Gasteiger partial charge in [-0.15, -0.1) is 0 Å². The van der Waals surface area contributed by atoms with E-state index in [9.17, 15) is 0 Å². The standard InChI is InChI=1S/C24H27ClN4O/c1-4-14-5-6-15(25)11-18(14)23-28-21-8-7-16(30-3)12-19(21)22(29-23)17-9-10-24(2,27)13-20(17)26/h4-8,11-12,17,20H,1,9-10,13,26-27H2,2-3H3. The normalized spacial score (nSPS) is 24.0. The number of nitrogens with two attached hydrogens (primary N) is 2. The van der Waals surface area contributed by atoms with Crippen molar-refractivity contribution in [3.8, 4) is 17.1 Å². The molecule has 1 aromatic heterocycles. The maximum atomic E-state index is 6.61. The number of rotatable bonds is 4. The zero-order chi connectivity index (χ0) is 21.5. The van der Waals surface area contributed by atoms with E-state index in [0.29, 0.717) is 10.8 Å². The third kappa shape index (κ3) is 3.93. The summed E-state index contributed by atoms with van der Waals surface area (Å²) in [5.74, 6) is 1.47. The zero-order valence-electron chi connectivity index (χ0n) is 17.4. The molecule has 3 atom stereocenters. The molecule has 6 heteroatoms. The molecular weight excluding hydrogens is 396 g/mol. The molecule has 0 bridgehead atoms. The Morgan fingerprint density at radius 1 is 1.23 bits per heavy atom. The molecule has 3 aromatic rings. The van der Waals surface area contributed by atoms with Gasteiger partial charge in [-0.2, -0.15) is 0 Å². The Kier molecular flexibility index (Phi) is 5.53. The summed E-state index contributed by atoms with van der Waals surface area (Å²) in [6.45, 7) is 5.99. The first-order chi connectivity index (χ1) is 14.3. The molecule has 3 unspecified atom stereocenters. The second kappa shape index (κ2) is 7.99. The number of methoxy groups -OCH3 is 1. The largest absolute Gasteiger partial charge is 0.497 e. The van der Waals surface area contributed by atoms with Gasteiger partial charge in [0.15, 0.2) is 5.82 Å². The molecular formula is C24H27ClN4O. The van der Waals surface area contributed by atoms with Crippen molar-refractivity contribution in [2.75, 3.05) is 7.11 Å². The second-order valence-corrected chi connectivity index (χ2v) is 8.85. The van der Waals surface area contributed by atoms with E-state index in [2.05, 4.69) is 13.5 Å². The third-order valence-corrected chi connectivity index (χ3v) is 6.24. The van der Waals surface area contributed by atoms with Crippen LogP contribution in [0.4, 0.5) is 0 Å². The molecule has 2 aromatic carbocycles. The van der Waals surface area contributed by atoms with E-state index in [0.717, 1.165) is 52.7 Å². The predicted molar refractivity (Wildman–Crippen MR) is 124 cm³/mol. The van der Waals surface area contributed by atoms with Crippen molar-refractivity contribution in [2.24, 2.45) is 11.5 Å². The summed E-state index contributed by atoms with van der Waals surface area (Å²) in [5.41, 5.74) is 16.3. The molecule has 1 saturated carbocycles. The van der Waals surface area contributed by atoms with Crippen LogP contribution in [0.5, 0.6) is 5.75 Å². The van der Waals surface area contributed by atoms with Crippen molar-refractivity contribution >= 4 is 28.6 Å². The van der Waals surface area contributed by atoms with Gasteiger partial charge in [0, 0.05) is 33.5 Å². The highest BCUT2D eigenvalue weighted by Gasteiger charge is 2.36. The maximum Gasteiger partial charge on any atom is 0.160 e. The number of benzene rings is 2. The molecule has 156 valence electrons. The molecule has 1 aliphatic carbocycles. The fraction of sp³-hybridized carbons (Fsp3) is 0.333. The minimum Gasteiger partial charge on any atom is -0.497 e. The van der Waals surface area contributed by atoms with E-state index < -0.39 is 0 Å². The molecule has 5 nitrogen and oxygen atoms in total. The highest BCUT2D eigenvalue weighted by atomic mass is 35.5. The van der Waals surface area contributed by atoms with Crippen molar-refractivity contribution in [1.82, 2.24) is 9.97 Å². The highest BCUT2D eigenvalue weighted by Crippen LogP contribution is 2.39. The van der Waals surface area contributed by atoms with Crippen LogP contribution >= 0.6 is 11.6 Å². The first kappa shape index (κ1) is 20.8. The fourth-order valence-electron chi connectivity index (χ4n) is 4.38. The minimum absolute atomic E-state index is 0.0795. The fourth-order valence-corrected chi connectivity index (χ4v) is 4.56. The first-order valence-corrected chi connectivity index (χ1v) is 10.5. The SMILES string of the molecule is C=Cc1ccc(Cl)cc1-c1nc(C2CCC(C)(N)CC2N)c2cc(OC)ccc2n1. The second-order valence-electron chi connectivity index (χ2n) is 8.42. The quantitative estimate of drug-likeness (QED) is 0.623. The lowest BCUT2D eigenvalue weighted by atomic mass is 9.73. The van der Waals surface area contributed by atoms with Crippen LogP contribution in [0.1, 0.15) is 43.4 Å². The van der Waals surface area contributed by atoms with Gasteiger partial charge in [0.05, 0.1) is 18.3 Å². The van der Waals surface area contributed by atoms with E-state index in [-0.39, 0.29) is 17.5 Å². The zero-order valence-corrected chi connectivity index (χ0v) is 18.1. The van der Waals surface area contributed by atoms with Crippen LogP contribution in [0.3, 0.4) is 0 Å². The van der Waals surface area contributed by atoms with Crippen molar-refractivity contribution in [3.63, 3.8) is 0 Å². The number of aromatic nitrogens is 2. The smallest absolute Gasteiger partial charge is 0.160 e. The van der Waals surface area contributed by atoms with Crippen LogP contribution in [0.2, 0.25) is 5.02 Å². The molecule has 1 aliphatic rings. The molecule has 1 heterocycles. The number of hydrogen-bond acceptors (Lipinski definition) is 5. The Balaban J connectivity index is 1.93. The Morgan fingerprint density at radius 2 is 2.03 bits per heavy atom. The van der Waals surface area contributed by atoms with Crippen molar-refractivity contribution < 1.29 is 4.74 Å². The summed E-state index contributed by atoms with van der Waals surface area (Å²) in [5, 5.41) is 1.59. The van der Waals surface area contributed by atoms with Gasteiger partial charge in [-0.25, -0.2) is 9.97 Å². The van der Waals surface area contributed by atoms with Gasteiger partial charge in [-0.05, 0) is 62.1 Å². The molecule has 0 radical (unpaired) electrons. The van der Waals surface area contributed by atoms with E-state index in [1.54, 1.807) is 13.2 Å². The van der Waals surface area contributed by atoms with Crippen LogP contribution in [0, 0.1) is 0 Å². The third-order valence-electron chi connectivity index (χ3n) is 6.01. The number of ether oxygens (including phenoxy) is 1. The lowest BCUT2D eigenvalue weighted by molar-refractivity contribution is 0.261. The lowest BCUT2D eigenvalue weighted by Crippen LogP contribution is -2.49. The van der Waals surface area contributed by atoms with E-state index in [1.807, 2.05) is 36.4 Å². The number of hydrogen-bond donors (Lipinski definition) is 2. The van der Waals surface area contributed by atoms with Gasteiger partial charge in [-0.3, -0.25) is 0 Å². The van der Waals surface area contributed by atoms with Gasteiger partial charge in [0.25, 0.3) is 0 Å². The summed E-state index contributed by atoms with van der Waals surface area (Å²) in [6, 6.07) is 11.4. The Labute approximate surface area is 182 Å². The molecule has 0 amide bonds. The average Bonchev–Trinajstić information content (AvgIpc) is 2.72. The average molecular weight is 423 g/mol. The monoisotopic (exact) mass is 422 g/mol. The Bertz CT molecular complexity index is 1110. The van der Waals surface area contributed by atoms with Crippen molar-refractivity contribution in [3.05, 3.63) is 59.3 Å². The van der Waals surface area contributed by atoms with Crippen molar-refractivity contribution in [2.45, 2.75) is 43.7 Å². The van der Waals surface area contributed by atoms with Crippen LogP contribution < -0.4 is 16.2 Å². The molecule has 30 heavy (non-hydrogen) atoms. The van der Waals surface area contributed by atoms with Gasteiger partial charge in [-0.1, -0.05) is 30.3 Å². The van der Waals surface area contributed by atoms with Crippen LogP contribution in [-0.2, 0) is 0 Å². The first-order valence-electron chi connectivity index (χ1n) is 10.1. The number of fused-ring (bicyclic) bond motifs is 1. The topological polar surface area (TPSA) is 87.0 Å². The van der Waals surface area contributed by atoms with Gasteiger partial charge >= 0.3 is 0 Å². The summed E-state index contributed by atoms with van der Waals surface area (Å²) in [6.07, 6.45) is 4.31. The lowest BCUT2D eigenvalue weighted by Gasteiger charge is -2.38. The van der Waals surface area contributed by atoms with Crippen molar-refractivity contribution in [1.29, 1.82) is 0 Å². The number of halogens is 1. The molecule has 0 saturated heterocycles. The highest BCUT2D eigenvalue weighted by molar-refractivity contribution is 6.31. The summed E-state index contributed by atoms with van der Waals surface area (Å²) in [4.78, 5) is 9.87. The Hall–Kier alpha value is -2.47. The van der Waals surface area contributed by atoms with Gasteiger partial charge in [0.2, 0.25) is 0 Å². The van der Waals surface area contributed by atoms with Crippen LogP contribution in [0.15, 0.2) is 43.0 Å². The van der Waals surface area contributed by atoms with Gasteiger partial charge in [0.1, 0.15) is 5.75 Å². The van der Waals surface area contributed by atoms with E-state index in [1.165, 1.54) is 0 Å². The Morgan fingerprint density at radius 3 is 2.73 bits per heavy atom. The summed E-state index contributed by atoms with van der Waals surface area (Å²) >= 11 is 6.28. The summed E-state index contributed by atoms with van der Waals surface area (Å²) in [7, 11) is 1.66. The molecule has 0 spiro atoms. The molecule has 4 rings (SSSR count). The van der Waals surface area contributed by atoms with Gasteiger partial charge < -0.3 is 16.2 Å². The summed E-state index contributed by atoms with van der Waals surface area (Å²) < 4.78 is 5.45. The number of nitrogens with zero attached hydrogens (tertiary/aromatic N) is 2. The van der Waals surface area contributed by atoms with Crippen LogP contribution in [0.25, 0.3) is 28.4 Å².